The van der Waals surface area contributed by atoms with E-state index in [1.807, 2.05) is 30.3 Å². The fourth-order valence-electron chi connectivity index (χ4n) is 3.28. The lowest BCUT2D eigenvalue weighted by atomic mass is 9.95. The SMILES string of the molecule is N[C@H]1CN(S(=O)(=O)c2ccc3[nH]c(=O)sc3c2)C[C@@H]1c1ccccc1. The molecule has 0 unspecified atom stereocenters. The summed E-state index contributed by atoms with van der Waals surface area (Å²) in [4.78, 5) is 14.1. The van der Waals surface area contributed by atoms with Crippen molar-refractivity contribution in [2.45, 2.75) is 16.9 Å². The topological polar surface area (TPSA) is 96.3 Å². The van der Waals surface area contributed by atoms with Gasteiger partial charge in [-0.15, -0.1) is 0 Å². The number of benzene rings is 2. The van der Waals surface area contributed by atoms with E-state index in [0.717, 1.165) is 16.9 Å². The molecular formula is C17H17N3O3S2. The van der Waals surface area contributed by atoms with Crippen molar-refractivity contribution in [3.05, 3.63) is 63.8 Å². The van der Waals surface area contributed by atoms with Crippen LogP contribution >= 0.6 is 11.3 Å². The molecule has 1 aromatic heterocycles. The average molecular weight is 375 g/mol. The second-order valence-electron chi connectivity index (χ2n) is 6.18. The lowest BCUT2D eigenvalue weighted by Gasteiger charge is -2.16. The predicted molar refractivity (Wildman–Crippen MR) is 98.4 cm³/mol. The molecule has 0 aliphatic carbocycles. The molecule has 6 nitrogen and oxygen atoms in total. The number of nitrogens with two attached hydrogens (primary N) is 1. The van der Waals surface area contributed by atoms with Crippen molar-refractivity contribution in [3.8, 4) is 0 Å². The summed E-state index contributed by atoms with van der Waals surface area (Å²) in [6.45, 7) is 0.637. The first-order chi connectivity index (χ1) is 11.9. The standard InChI is InChI=1S/C17H17N3O3S2/c18-14-10-20(9-13(14)11-4-2-1-3-5-11)25(22,23)12-6-7-15-16(8-12)24-17(21)19-15/h1-8,13-14H,9-10,18H2,(H,19,21)/t13-,14+/m1/s1. The molecule has 0 radical (unpaired) electrons. The van der Waals surface area contributed by atoms with E-state index in [4.69, 9.17) is 5.73 Å². The molecule has 1 saturated heterocycles. The molecular weight excluding hydrogens is 358 g/mol. The Morgan fingerprint density at radius 3 is 2.64 bits per heavy atom. The minimum absolute atomic E-state index is 0.0250. The molecule has 25 heavy (non-hydrogen) atoms. The lowest BCUT2D eigenvalue weighted by molar-refractivity contribution is 0.470. The van der Waals surface area contributed by atoms with Gasteiger partial charge in [0.1, 0.15) is 0 Å². The summed E-state index contributed by atoms with van der Waals surface area (Å²) in [5.41, 5.74) is 7.92. The van der Waals surface area contributed by atoms with Crippen molar-refractivity contribution in [1.29, 1.82) is 0 Å². The minimum Gasteiger partial charge on any atom is -0.326 e. The molecule has 2 heterocycles. The Labute approximate surface area is 149 Å². The first-order valence-corrected chi connectivity index (χ1v) is 10.1. The Bertz CT molecular complexity index is 1070. The second kappa shape index (κ2) is 6.06. The van der Waals surface area contributed by atoms with Gasteiger partial charge in [0, 0.05) is 25.0 Å². The van der Waals surface area contributed by atoms with Crippen LogP contribution in [0.15, 0.2) is 58.2 Å². The number of aromatic nitrogens is 1. The Kier molecular flexibility index (Phi) is 3.99. The number of hydrogen-bond acceptors (Lipinski definition) is 5. The number of nitrogens with zero attached hydrogens (tertiary/aromatic N) is 1. The third-order valence-corrected chi connectivity index (χ3v) is 7.26. The van der Waals surface area contributed by atoms with E-state index in [0.29, 0.717) is 16.8 Å². The van der Waals surface area contributed by atoms with Gasteiger partial charge in [-0.2, -0.15) is 4.31 Å². The van der Waals surface area contributed by atoms with Crippen LogP contribution in [0, 0.1) is 0 Å². The van der Waals surface area contributed by atoms with Gasteiger partial charge >= 0.3 is 4.87 Å². The number of aromatic amines is 1. The van der Waals surface area contributed by atoms with Crippen molar-refractivity contribution in [3.63, 3.8) is 0 Å². The maximum Gasteiger partial charge on any atom is 0.305 e. The smallest absolute Gasteiger partial charge is 0.305 e. The molecule has 1 aliphatic heterocycles. The predicted octanol–water partition coefficient (Wildman–Crippen LogP) is 1.70. The Balaban J connectivity index is 1.67. The van der Waals surface area contributed by atoms with Crippen molar-refractivity contribution in [2.75, 3.05) is 13.1 Å². The zero-order valence-corrected chi connectivity index (χ0v) is 14.9. The van der Waals surface area contributed by atoms with Crippen LogP contribution in [0.2, 0.25) is 0 Å². The highest BCUT2D eigenvalue weighted by molar-refractivity contribution is 7.89. The van der Waals surface area contributed by atoms with Crippen molar-refractivity contribution in [2.24, 2.45) is 5.73 Å². The van der Waals surface area contributed by atoms with Gasteiger partial charge in [-0.1, -0.05) is 41.7 Å². The van der Waals surface area contributed by atoms with Gasteiger partial charge < -0.3 is 10.7 Å². The highest BCUT2D eigenvalue weighted by atomic mass is 32.2. The summed E-state index contributed by atoms with van der Waals surface area (Å²) in [7, 11) is -3.65. The van der Waals surface area contributed by atoms with Gasteiger partial charge in [0.15, 0.2) is 0 Å². The number of fused-ring (bicyclic) bond motifs is 1. The number of sulfonamides is 1. The van der Waals surface area contributed by atoms with E-state index in [-0.39, 0.29) is 28.3 Å². The average Bonchev–Trinajstić information content (AvgIpc) is 3.17. The quantitative estimate of drug-likeness (QED) is 0.728. The number of H-pyrrole nitrogens is 1. The van der Waals surface area contributed by atoms with Gasteiger partial charge in [-0.3, -0.25) is 4.79 Å². The molecule has 3 N–H and O–H groups in total. The highest BCUT2D eigenvalue weighted by Gasteiger charge is 2.38. The lowest BCUT2D eigenvalue weighted by Crippen LogP contribution is -2.32. The number of thiazole rings is 1. The molecule has 0 amide bonds. The highest BCUT2D eigenvalue weighted by Crippen LogP contribution is 2.31. The Morgan fingerprint density at radius 1 is 1.12 bits per heavy atom. The largest absolute Gasteiger partial charge is 0.326 e. The van der Waals surface area contributed by atoms with E-state index in [1.54, 1.807) is 12.1 Å². The molecule has 130 valence electrons. The van der Waals surface area contributed by atoms with Crippen LogP contribution in [0.4, 0.5) is 0 Å². The summed E-state index contributed by atoms with van der Waals surface area (Å²) in [5, 5.41) is 0. The van der Waals surface area contributed by atoms with Gasteiger partial charge in [0.2, 0.25) is 10.0 Å². The first kappa shape index (κ1) is 16.5. The van der Waals surface area contributed by atoms with Gasteiger partial charge in [-0.05, 0) is 23.8 Å². The van der Waals surface area contributed by atoms with E-state index in [9.17, 15) is 13.2 Å². The van der Waals surface area contributed by atoms with Gasteiger partial charge in [0.25, 0.3) is 0 Å². The van der Waals surface area contributed by atoms with Crippen molar-refractivity contribution >= 4 is 31.6 Å². The zero-order valence-electron chi connectivity index (χ0n) is 13.3. The summed E-state index contributed by atoms with van der Waals surface area (Å²) in [6, 6.07) is 14.2. The van der Waals surface area contributed by atoms with Crippen LogP contribution in [0.1, 0.15) is 11.5 Å². The third-order valence-electron chi connectivity index (χ3n) is 4.59. The van der Waals surface area contributed by atoms with Crippen LogP contribution in [-0.4, -0.2) is 36.8 Å². The molecule has 0 spiro atoms. The zero-order chi connectivity index (χ0) is 17.6. The molecule has 4 rings (SSSR count). The fraction of sp³-hybridized carbons (Fsp3) is 0.235. The molecule has 3 aromatic rings. The van der Waals surface area contributed by atoms with Gasteiger partial charge in [-0.25, -0.2) is 8.42 Å². The molecule has 0 saturated carbocycles. The maximum absolute atomic E-state index is 13.0. The molecule has 2 aromatic carbocycles. The number of hydrogen-bond donors (Lipinski definition) is 2. The Morgan fingerprint density at radius 2 is 1.88 bits per heavy atom. The maximum atomic E-state index is 13.0. The minimum atomic E-state index is -3.65. The molecule has 8 heteroatoms. The van der Waals surface area contributed by atoms with E-state index in [1.165, 1.54) is 10.4 Å². The van der Waals surface area contributed by atoms with Crippen molar-refractivity contribution in [1.82, 2.24) is 9.29 Å². The van der Waals surface area contributed by atoms with E-state index < -0.39 is 10.0 Å². The summed E-state index contributed by atoms with van der Waals surface area (Å²) < 4.78 is 28.1. The van der Waals surface area contributed by atoms with Crippen LogP contribution in [0.5, 0.6) is 0 Å². The van der Waals surface area contributed by atoms with E-state index in [2.05, 4.69) is 4.98 Å². The van der Waals surface area contributed by atoms with Gasteiger partial charge in [0.05, 0.1) is 15.1 Å². The normalized spacial score (nSPS) is 21.8. The Hall–Kier alpha value is -2.00. The molecule has 0 bridgehead atoms. The fourth-order valence-corrected chi connectivity index (χ4v) is 5.66. The molecule has 1 aliphatic rings. The summed E-state index contributed by atoms with van der Waals surface area (Å²) in [5.74, 6) is -0.0250. The second-order valence-corrected chi connectivity index (χ2v) is 9.13. The van der Waals surface area contributed by atoms with Crippen molar-refractivity contribution < 1.29 is 8.42 Å². The monoisotopic (exact) mass is 375 g/mol. The number of nitrogens with one attached hydrogen (secondary N) is 1. The van der Waals surface area contributed by atoms with Crippen LogP contribution < -0.4 is 10.6 Å². The third kappa shape index (κ3) is 2.91. The van der Waals surface area contributed by atoms with Crippen LogP contribution in [0.3, 0.4) is 0 Å². The van der Waals surface area contributed by atoms with E-state index >= 15 is 0 Å². The number of rotatable bonds is 3. The first-order valence-electron chi connectivity index (χ1n) is 7.89. The van der Waals surface area contributed by atoms with Crippen LogP contribution in [0.25, 0.3) is 10.2 Å². The molecule has 1 fully saturated rings. The molecule has 2 atom stereocenters. The van der Waals surface area contributed by atoms with Crippen LogP contribution in [-0.2, 0) is 10.0 Å². The summed E-state index contributed by atoms with van der Waals surface area (Å²) in [6.07, 6.45) is 0. The summed E-state index contributed by atoms with van der Waals surface area (Å²) >= 11 is 1.00.